The van der Waals surface area contributed by atoms with Crippen molar-refractivity contribution in [3.63, 3.8) is 0 Å². The number of carbonyl (C=O) groups excluding carboxylic acids is 2. The van der Waals surface area contributed by atoms with Gasteiger partial charge in [0.2, 0.25) is 11.8 Å². The largest absolute Gasteiger partial charge is 0.329 e. The molecule has 2 aliphatic rings. The van der Waals surface area contributed by atoms with Gasteiger partial charge in [-0.15, -0.1) is 0 Å². The fourth-order valence-electron chi connectivity index (χ4n) is 3.62. The highest BCUT2D eigenvalue weighted by Gasteiger charge is 2.49. The summed E-state index contributed by atoms with van der Waals surface area (Å²) >= 11 is 0. The maximum atomic E-state index is 12.8. The number of unbranched alkanes of at least 4 members (excludes halogenated alkanes) is 1. The van der Waals surface area contributed by atoms with Crippen molar-refractivity contribution >= 4 is 11.8 Å². The van der Waals surface area contributed by atoms with E-state index in [1.165, 1.54) is 0 Å². The predicted molar refractivity (Wildman–Crippen MR) is 79.2 cm³/mol. The van der Waals surface area contributed by atoms with E-state index < -0.39 is 0 Å². The molecule has 3 unspecified atom stereocenters. The van der Waals surface area contributed by atoms with Crippen molar-refractivity contribution in [3.8, 4) is 0 Å². The number of fused-ring (bicyclic) bond motifs is 1. The topological polar surface area (TPSA) is 40.6 Å². The highest BCUT2D eigenvalue weighted by Crippen LogP contribution is 2.32. The summed E-state index contributed by atoms with van der Waals surface area (Å²) in [5.41, 5.74) is 0. The smallest absolute Gasteiger partial charge is 0.246 e. The molecule has 0 aromatic rings. The third-order valence-electron chi connectivity index (χ3n) is 4.71. The Hall–Kier alpha value is -1.06. The van der Waals surface area contributed by atoms with Crippen LogP contribution in [0.1, 0.15) is 59.8 Å². The molecule has 2 saturated heterocycles. The lowest BCUT2D eigenvalue weighted by Crippen LogP contribution is -2.66. The minimum absolute atomic E-state index is 0.168. The molecule has 0 N–H and O–H groups in total. The van der Waals surface area contributed by atoms with Crippen molar-refractivity contribution in [3.05, 3.63) is 0 Å². The Bertz CT molecular complexity index is 381. The summed E-state index contributed by atoms with van der Waals surface area (Å²) in [4.78, 5) is 29.3. The zero-order chi connectivity index (χ0) is 14.9. The molecule has 114 valence electrons. The molecule has 0 aliphatic carbocycles. The third-order valence-corrected chi connectivity index (χ3v) is 4.71. The molecular weight excluding hydrogens is 252 g/mol. The van der Waals surface area contributed by atoms with Crippen LogP contribution in [0.4, 0.5) is 0 Å². The first-order chi connectivity index (χ1) is 9.49. The summed E-state index contributed by atoms with van der Waals surface area (Å²) in [7, 11) is 0. The van der Waals surface area contributed by atoms with Crippen molar-refractivity contribution in [1.29, 1.82) is 0 Å². The molecular formula is C16H28N2O2. The summed E-state index contributed by atoms with van der Waals surface area (Å²) in [6, 6.07) is -0.271. The zero-order valence-corrected chi connectivity index (χ0v) is 13.3. The Morgan fingerprint density at radius 2 is 1.90 bits per heavy atom. The van der Waals surface area contributed by atoms with Gasteiger partial charge in [0, 0.05) is 12.6 Å². The Balaban J connectivity index is 2.25. The van der Waals surface area contributed by atoms with Crippen LogP contribution in [0.5, 0.6) is 0 Å². The van der Waals surface area contributed by atoms with E-state index in [0.29, 0.717) is 0 Å². The van der Waals surface area contributed by atoms with E-state index in [4.69, 9.17) is 0 Å². The second-order valence-electron chi connectivity index (χ2n) is 6.62. The van der Waals surface area contributed by atoms with Gasteiger partial charge in [-0.1, -0.05) is 33.6 Å². The molecule has 20 heavy (non-hydrogen) atoms. The van der Waals surface area contributed by atoms with Crippen LogP contribution >= 0.6 is 0 Å². The Morgan fingerprint density at radius 3 is 2.50 bits per heavy atom. The van der Waals surface area contributed by atoms with Crippen LogP contribution in [0.25, 0.3) is 0 Å². The summed E-state index contributed by atoms with van der Waals surface area (Å²) < 4.78 is 0. The first-order valence-electron chi connectivity index (χ1n) is 8.11. The van der Waals surface area contributed by atoms with Gasteiger partial charge in [0.1, 0.15) is 12.1 Å². The Kier molecular flexibility index (Phi) is 4.71. The van der Waals surface area contributed by atoms with Gasteiger partial charge in [-0.05, 0) is 32.1 Å². The quantitative estimate of drug-likeness (QED) is 0.776. The van der Waals surface area contributed by atoms with Crippen LogP contribution in [0, 0.1) is 5.92 Å². The van der Waals surface area contributed by atoms with Crippen LogP contribution in [0.2, 0.25) is 0 Å². The maximum Gasteiger partial charge on any atom is 0.246 e. The highest BCUT2D eigenvalue weighted by atomic mass is 16.2. The molecule has 4 nitrogen and oxygen atoms in total. The molecule has 0 saturated carbocycles. The van der Waals surface area contributed by atoms with Crippen molar-refractivity contribution in [2.75, 3.05) is 6.54 Å². The second-order valence-corrected chi connectivity index (χ2v) is 6.62. The maximum absolute atomic E-state index is 12.8. The van der Waals surface area contributed by atoms with Crippen molar-refractivity contribution in [2.24, 2.45) is 5.92 Å². The number of carbonyl (C=O) groups is 2. The second kappa shape index (κ2) is 6.15. The third kappa shape index (κ3) is 2.57. The summed E-state index contributed by atoms with van der Waals surface area (Å²) in [6.07, 6.45) is 5.03. The molecule has 2 fully saturated rings. The summed E-state index contributed by atoms with van der Waals surface area (Å²) in [6.45, 7) is 9.11. The molecule has 2 aliphatic heterocycles. The molecule has 0 aromatic heterocycles. The van der Waals surface area contributed by atoms with Crippen LogP contribution in [-0.2, 0) is 9.59 Å². The molecule has 2 heterocycles. The lowest BCUT2D eigenvalue weighted by atomic mass is 9.93. The fourth-order valence-corrected chi connectivity index (χ4v) is 3.62. The van der Waals surface area contributed by atoms with Gasteiger partial charge in [0.05, 0.1) is 0 Å². The normalized spacial score (nSPS) is 28.2. The lowest BCUT2D eigenvalue weighted by Gasteiger charge is -2.46. The van der Waals surface area contributed by atoms with Gasteiger partial charge in [0.15, 0.2) is 0 Å². The van der Waals surface area contributed by atoms with Gasteiger partial charge in [-0.2, -0.15) is 0 Å². The van der Waals surface area contributed by atoms with E-state index in [0.717, 1.165) is 38.6 Å². The molecule has 3 atom stereocenters. The van der Waals surface area contributed by atoms with Gasteiger partial charge >= 0.3 is 0 Å². The van der Waals surface area contributed by atoms with E-state index >= 15 is 0 Å². The van der Waals surface area contributed by atoms with Crippen LogP contribution in [0.3, 0.4) is 0 Å². The molecule has 2 amide bonds. The number of piperazine rings is 1. The van der Waals surface area contributed by atoms with E-state index in [1.54, 1.807) is 0 Å². The molecule has 0 aromatic carbocycles. The van der Waals surface area contributed by atoms with Crippen LogP contribution in [-0.4, -0.2) is 46.3 Å². The highest BCUT2D eigenvalue weighted by molar-refractivity contribution is 5.97. The van der Waals surface area contributed by atoms with Gasteiger partial charge in [-0.3, -0.25) is 9.59 Å². The molecule has 0 radical (unpaired) electrons. The number of hydrogen-bond donors (Lipinski definition) is 0. The zero-order valence-electron chi connectivity index (χ0n) is 13.3. The number of amides is 2. The van der Waals surface area contributed by atoms with E-state index in [9.17, 15) is 9.59 Å². The Labute approximate surface area is 122 Å². The van der Waals surface area contributed by atoms with Gasteiger partial charge < -0.3 is 9.80 Å². The first-order valence-corrected chi connectivity index (χ1v) is 8.11. The number of nitrogens with zero attached hydrogens (tertiary/aromatic N) is 2. The number of hydrogen-bond acceptors (Lipinski definition) is 2. The minimum Gasteiger partial charge on any atom is -0.329 e. The van der Waals surface area contributed by atoms with E-state index in [2.05, 4.69) is 13.8 Å². The standard InChI is InChI=1S/C16H28N2O2/c1-5-6-8-12(4)18-14(11(2)3)16(20)17-10-7-9-13(17)15(18)19/h11-14H,5-10H2,1-4H3. The number of rotatable bonds is 5. The molecule has 0 spiro atoms. The van der Waals surface area contributed by atoms with Crippen molar-refractivity contribution < 1.29 is 9.59 Å². The first kappa shape index (κ1) is 15.3. The van der Waals surface area contributed by atoms with E-state index in [-0.39, 0.29) is 35.9 Å². The Morgan fingerprint density at radius 1 is 1.20 bits per heavy atom. The van der Waals surface area contributed by atoms with Gasteiger partial charge in [-0.25, -0.2) is 0 Å². The average Bonchev–Trinajstić information content (AvgIpc) is 2.89. The van der Waals surface area contributed by atoms with Crippen molar-refractivity contribution in [1.82, 2.24) is 9.80 Å². The monoisotopic (exact) mass is 280 g/mol. The van der Waals surface area contributed by atoms with Crippen molar-refractivity contribution in [2.45, 2.75) is 77.9 Å². The summed E-state index contributed by atoms with van der Waals surface area (Å²) in [5.74, 6) is 0.534. The average molecular weight is 280 g/mol. The molecule has 0 bridgehead atoms. The summed E-state index contributed by atoms with van der Waals surface area (Å²) in [5, 5.41) is 0. The van der Waals surface area contributed by atoms with Crippen LogP contribution in [0.15, 0.2) is 0 Å². The fraction of sp³-hybridized carbons (Fsp3) is 0.875. The molecule has 4 heteroatoms. The lowest BCUT2D eigenvalue weighted by molar-refractivity contribution is -0.164. The predicted octanol–water partition coefficient (Wildman–Crippen LogP) is 2.42. The molecule has 2 rings (SSSR count). The van der Waals surface area contributed by atoms with Crippen LogP contribution < -0.4 is 0 Å². The minimum atomic E-state index is -0.260. The van der Waals surface area contributed by atoms with Gasteiger partial charge in [0.25, 0.3) is 0 Å². The SMILES string of the molecule is CCCCC(C)N1C(=O)C2CCCN2C(=O)C1C(C)C. The van der Waals surface area contributed by atoms with E-state index in [1.807, 2.05) is 23.6 Å².